The molecule has 0 spiro atoms. The summed E-state index contributed by atoms with van der Waals surface area (Å²) in [7, 11) is 0. The topological polar surface area (TPSA) is 26.0 Å². The van der Waals surface area contributed by atoms with Crippen LogP contribution in [0.4, 0.5) is 0 Å². The van der Waals surface area contributed by atoms with Gasteiger partial charge in [-0.1, -0.05) is 32.4 Å². The largest absolute Gasteiger partial charge is 0.326 e. The van der Waals surface area contributed by atoms with Crippen LogP contribution in [-0.4, -0.2) is 5.25 Å². The minimum absolute atomic E-state index is 0.635. The predicted molar refractivity (Wildman–Crippen MR) is 64.6 cm³/mol. The second kappa shape index (κ2) is 6.10. The van der Waals surface area contributed by atoms with Crippen molar-refractivity contribution >= 4 is 11.8 Å². The van der Waals surface area contributed by atoms with Crippen LogP contribution in [0.15, 0.2) is 29.2 Å². The molecule has 0 fully saturated rings. The first-order valence-corrected chi connectivity index (χ1v) is 6.10. The summed E-state index contributed by atoms with van der Waals surface area (Å²) in [4.78, 5) is 1.34. The molecule has 0 aliphatic rings. The predicted octanol–water partition coefficient (Wildman–Crippen LogP) is 3.43. The third-order valence-electron chi connectivity index (χ3n) is 2.17. The highest BCUT2D eigenvalue weighted by Gasteiger charge is 2.03. The van der Waals surface area contributed by atoms with E-state index in [1.807, 2.05) is 11.8 Å². The van der Waals surface area contributed by atoms with Gasteiger partial charge in [-0.2, -0.15) is 0 Å². The zero-order valence-corrected chi connectivity index (χ0v) is 9.81. The van der Waals surface area contributed by atoms with Gasteiger partial charge in [0.15, 0.2) is 0 Å². The lowest BCUT2D eigenvalue weighted by Crippen LogP contribution is -1.97. The Kier molecular flexibility index (Phi) is 5.05. The van der Waals surface area contributed by atoms with E-state index in [0.29, 0.717) is 11.8 Å². The minimum Gasteiger partial charge on any atom is -0.326 e. The number of hydrogen-bond donors (Lipinski definition) is 1. The molecule has 1 aromatic carbocycles. The summed E-state index contributed by atoms with van der Waals surface area (Å²) >= 11 is 1.94. The lowest BCUT2D eigenvalue weighted by atomic mass is 10.2. The van der Waals surface area contributed by atoms with Crippen molar-refractivity contribution in [3.05, 3.63) is 29.8 Å². The summed E-state index contributed by atoms with van der Waals surface area (Å²) in [5.41, 5.74) is 6.82. The molecule has 0 saturated heterocycles. The molecule has 0 aliphatic carbocycles. The molecule has 1 nitrogen and oxygen atoms in total. The molecular formula is C12H19NS. The molecule has 2 N–H and O–H groups in total. The smallest absolute Gasteiger partial charge is 0.0178 e. The van der Waals surface area contributed by atoms with Crippen molar-refractivity contribution in [3.63, 3.8) is 0 Å². The van der Waals surface area contributed by atoms with Crippen LogP contribution >= 0.6 is 11.8 Å². The Labute approximate surface area is 91.1 Å². The molecule has 1 unspecified atom stereocenters. The first kappa shape index (κ1) is 11.6. The summed E-state index contributed by atoms with van der Waals surface area (Å²) in [5, 5.41) is 0.702. The molecule has 0 saturated carbocycles. The van der Waals surface area contributed by atoms with Crippen molar-refractivity contribution in [1.29, 1.82) is 0 Å². The number of nitrogens with two attached hydrogens (primary N) is 1. The zero-order valence-electron chi connectivity index (χ0n) is 8.99. The summed E-state index contributed by atoms with van der Waals surface area (Å²) in [5.74, 6) is 0. The van der Waals surface area contributed by atoms with Crippen molar-refractivity contribution in [1.82, 2.24) is 0 Å². The highest BCUT2D eigenvalue weighted by Crippen LogP contribution is 2.26. The van der Waals surface area contributed by atoms with Crippen molar-refractivity contribution in [2.45, 2.75) is 43.4 Å². The van der Waals surface area contributed by atoms with Crippen LogP contribution in [0, 0.1) is 0 Å². The molecule has 1 atom stereocenters. The quantitative estimate of drug-likeness (QED) is 0.752. The Bertz CT molecular complexity index is 273. The molecule has 0 aromatic heterocycles. The summed E-state index contributed by atoms with van der Waals surface area (Å²) < 4.78 is 0. The standard InChI is InChI=1S/C12H19NS/c1-3-5-10(2)14-12-7-4-6-11(8-12)9-13/h4,6-8,10H,3,5,9,13H2,1-2H3. The van der Waals surface area contributed by atoms with Crippen LogP contribution in [0.3, 0.4) is 0 Å². The number of hydrogen-bond acceptors (Lipinski definition) is 2. The monoisotopic (exact) mass is 209 g/mol. The highest BCUT2D eigenvalue weighted by atomic mass is 32.2. The molecule has 0 amide bonds. The van der Waals surface area contributed by atoms with Gasteiger partial charge in [0.1, 0.15) is 0 Å². The van der Waals surface area contributed by atoms with Gasteiger partial charge >= 0.3 is 0 Å². The molecular weight excluding hydrogens is 190 g/mol. The SMILES string of the molecule is CCCC(C)Sc1cccc(CN)c1. The second-order valence-electron chi connectivity index (χ2n) is 3.57. The van der Waals surface area contributed by atoms with Gasteiger partial charge in [0.2, 0.25) is 0 Å². The first-order valence-electron chi connectivity index (χ1n) is 5.22. The molecule has 0 bridgehead atoms. The van der Waals surface area contributed by atoms with Gasteiger partial charge < -0.3 is 5.73 Å². The van der Waals surface area contributed by atoms with Crippen LogP contribution in [0.2, 0.25) is 0 Å². The van der Waals surface area contributed by atoms with Crippen molar-refractivity contribution in [3.8, 4) is 0 Å². The third kappa shape index (κ3) is 3.72. The van der Waals surface area contributed by atoms with Gasteiger partial charge in [-0.3, -0.25) is 0 Å². The molecule has 0 radical (unpaired) electrons. The normalized spacial score (nSPS) is 12.8. The molecule has 1 rings (SSSR count). The fourth-order valence-electron chi connectivity index (χ4n) is 1.44. The molecule has 0 aliphatic heterocycles. The molecule has 2 heteroatoms. The van der Waals surface area contributed by atoms with Crippen LogP contribution in [-0.2, 0) is 6.54 Å². The summed E-state index contributed by atoms with van der Waals surface area (Å²) in [6.45, 7) is 5.15. The van der Waals surface area contributed by atoms with Crippen LogP contribution in [0.5, 0.6) is 0 Å². The Hall–Kier alpha value is -0.470. The van der Waals surface area contributed by atoms with Gasteiger partial charge in [-0.05, 0) is 24.1 Å². The van der Waals surface area contributed by atoms with Gasteiger partial charge in [0.05, 0.1) is 0 Å². The average molecular weight is 209 g/mol. The van der Waals surface area contributed by atoms with Gasteiger partial charge in [-0.15, -0.1) is 11.8 Å². The van der Waals surface area contributed by atoms with E-state index in [1.54, 1.807) is 0 Å². The van der Waals surface area contributed by atoms with E-state index in [0.717, 1.165) is 0 Å². The van der Waals surface area contributed by atoms with Crippen molar-refractivity contribution in [2.75, 3.05) is 0 Å². The lowest BCUT2D eigenvalue weighted by molar-refractivity contribution is 0.787. The second-order valence-corrected chi connectivity index (χ2v) is 5.08. The number of thioether (sulfide) groups is 1. The molecule has 0 heterocycles. The van der Waals surface area contributed by atoms with E-state index in [4.69, 9.17) is 5.73 Å². The van der Waals surface area contributed by atoms with E-state index in [-0.39, 0.29) is 0 Å². The first-order chi connectivity index (χ1) is 6.76. The maximum atomic E-state index is 5.60. The van der Waals surface area contributed by atoms with Crippen molar-refractivity contribution < 1.29 is 0 Å². The van der Waals surface area contributed by atoms with E-state index in [2.05, 4.69) is 38.1 Å². The summed E-state index contributed by atoms with van der Waals surface area (Å²) in [6.07, 6.45) is 2.53. The Morgan fingerprint density at radius 1 is 1.43 bits per heavy atom. The number of benzene rings is 1. The van der Waals surface area contributed by atoms with E-state index < -0.39 is 0 Å². The molecule has 1 aromatic rings. The van der Waals surface area contributed by atoms with Crippen LogP contribution in [0.25, 0.3) is 0 Å². The Morgan fingerprint density at radius 3 is 2.86 bits per heavy atom. The highest BCUT2D eigenvalue weighted by molar-refractivity contribution is 7.99. The fourth-order valence-corrected chi connectivity index (χ4v) is 2.64. The van der Waals surface area contributed by atoms with Gasteiger partial charge in [-0.25, -0.2) is 0 Å². The average Bonchev–Trinajstić information content (AvgIpc) is 2.18. The fraction of sp³-hybridized carbons (Fsp3) is 0.500. The van der Waals surface area contributed by atoms with E-state index in [1.165, 1.54) is 23.3 Å². The van der Waals surface area contributed by atoms with E-state index in [9.17, 15) is 0 Å². The van der Waals surface area contributed by atoms with Crippen LogP contribution < -0.4 is 5.73 Å². The zero-order chi connectivity index (χ0) is 10.4. The molecule has 78 valence electrons. The third-order valence-corrected chi connectivity index (χ3v) is 3.33. The maximum Gasteiger partial charge on any atom is 0.0178 e. The minimum atomic E-state index is 0.635. The summed E-state index contributed by atoms with van der Waals surface area (Å²) in [6, 6.07) is 8.52. The lowest BCUT2D eigenvalue weighted by Gasteiger charge is -2.10. The van der Waals surface area contributed by atoms with Crippen molar-refractivity contribution in [2.24, 2.45) is 5.73 Å². The Balaban J connectivity index is 2.57. The maximum absolute atomic E-state index is 5.60. The Morgan fingerprint density at radius 2 is 2.21 bits per heavy atom. The van der Waals surface area contributed by atoms with E-state index >= 15 is 0 Å². The number of rotatable bonds is 5. The molecule has 14 heavy (non-hydrogen) atoms. The van der Waals surface area contributed by atoms with Gasteiger partial charge in [0, 0.05) is 16.7 Å². The van der Waals surface area contributed by atoms with Crippen LogP contribution in [0.1, 0.15) is 32.3 Å². The van der Waals surface area contributed by atoms with Gasteiger partial charge in [0.25, 0.3) is 0 Å².